The van der Waals surface area contributed by atoms with Crippen LogP contribution in [0.4, 0.5) is 10.5 Å². The molecule has 1 fully saturated rings. The molecule has 1 N–H and O–H groups in total. The van der Waals surface area contributed by atoms with Crippen LogP contribution in [0.1, 0.15) is 12.8 Å². The number of carbonyl (C=O) groups is 1. The van der Waals surface area contributed by atoms with Crippen molar-refractivity contribution in [3.63, 3.8) is 0 Å². The summed E-state index contributed by atoms with van der Waals surface area (Å²) in [5, 5.41) is 3.60. The molecule has 2 heterocycles. The van der Waals surface area contributed by atoms with Crippen LogP contribution in [0.5, 0.6) is 0 Å². The zero-order valence-electron chi connectivity index (χ0n) is 14.4. The van der Waals surface area contributed by atoms with Gasteiger partial charge in [-0.05, 0) is 55.2 Å². The topological polar surface area (TPSA) is 50.2 Å². The van der Waals surface area contributed by atoms with Gasteiger partial charge in [0.25, 0.3) is 0 Å². The number of halogens is 1. The van der Waals surface area contributed by atoms with Crippen LogP contribution in [-0.4, -0.2) is 33.6 Å². The van der Waals surface area contributed by atoms with E-state index in [1.807, 2.05) is 41.6 Å². The second kappa shape index (κ2) is 7.38. The second-order valence-electron chi connectivity index (χ2n) is 6.75. The molecule has 0 unspecified atom stereocenters. The molecular weight excluding hydrogens is 348 g/mol. The van der Waals surface area contributed by atoms with Crippen LogP contribution in [0.2, 0.25) is 5.02 Å². The van der Waals surface area contributed by atoms with Crippen molar-refractivity contribution in [1.82, 2.24) is 14.5 Å². The summed E-state index contributed by atoms with van der Waals surface area (Å²) in [6.07, 6.45) is 3.92. The average Bonchev–Trinajstić information content (AvgIpc) is 3.07. The van der Waals surface area contributed by atoms with E-state index in [1.54, 1.807) is 12.1 Å². The minimum Gasteiger partial charge on any atom is -0.330 e. The Morgan fingerprint density at radius 1 is 1.12 bits per heavy atom. The number of rotatable bonds is 3. The third kappa shape index (κ3) is 3.68. The molecule has 1 aliphatic rings. The smallest absolute Gasteiger partial charge is 0.321 e. The monoisotopic (exact) mass is 368 g/mol. The highest BCUT2D eigenvalue weighted by Crippen LogP contribution is 2.22. The van der Waals surface area contributed by atoms with Gasteiger partial charge in [0.2, 0.25) is 0 Å². The number of hydrogen-bond acceptors (Lipinski definition) is 2. The van der Waals surface area contributed by atoms with E-state index in [-0.39, 0.29) is 6.03 Å². The van der Waals surface area contributed by atoms with Gasteiger partial charge in [0, 0.05) is 30.3 Å². The van der Waals surface area contributed by atoms with Crippen molar-refractivity contribution in [1.29, 1.82) is 0 Å². The number of anilines is 1. The van der Waals surface area contributed by atoms with E-state index in [1.165, 1.54) is 5.52 Å². The third-order valence-corrected chi connectivity index (χ3v) is 5.23. The predicted octanol–water partition coefficient (Wildman–Crippen LogP) is 4.63. The molecule has 2 aromatic carbocycles. The van der Waals surface area contributed by atoms with E-state index in [9.17, 15) is 4.79 Å². The highest BCUT2D eigenvalue weighted by Gasteiger charge is 2.23. The lowest BCUT2D eigenvalue weighted by atomic mass is 9.97. The highest BCUT2D eigenvalue weighted by atomic mass is 35.5. The minimum absolute atomic E-state index is 0.0427. The number of nitrogens with zero attached hydrogens (tertiary/aromatic N) is 3. The zero-order chi connectivity index (χ0) is 17.9. The van der Waals surface area contributed by atoms with Crippen LogP contribution in [0.25, 0.3) is 11.0 Å². The molecule has 1 aliphatic heterocycles. The van der Waals surface area contributed by atoms with Crippen LogP contribution in [0.3, 0.4) is 0 Å². The second-order valence-corrected chi connectivity index (χ2v) is 7.19. The van der Waals surface area contributed by atoms with Gasteiger partial charge in [-0.25, -0.2) is 9.78 Å². The molecule has 0 aliphatic carbocycles. The van der Waals surface area contributed by atoms with Crippen molar-refractivity contribution in [2.45, 2.75) is 19.4 Å². The largest absolute Gasteiger partial charge is 0.330 e. The molecule has 2 amide bonds. The molecule has 0 spiro atoms. The summed E-state index contributed by atoms with van der Waals surface area (Å²) < 4.78 is 2.23. The van der Waals surface area contributed by atoms with E-state index < -0.39 is 0 Å². The van der Waals surface area contributed by atoms with E-state index >= 15 is 0 Å². The summed E-state index contributed by atoms with van der Waals surface area (Å²) in [6.45, 7) is 2.50. The standard InChI is InChI=1S/C20H21ClN4O/c21-16-5-7-17(8-6-16)23-20(26)24-11-9-15(10-12-24)13-25-14-22-18-3-1-2-4-19(18)25/h1-8,14-15H,9-13H2,(H,23,26). The number of benzene rings is 2. The summed E-state index contributed by atoms with van der Waals surface area (Å²) in [6, 6.07) is 15.3. The van der Waals surface area contributed by atoms with Gasteiger partial charge in [0.1, 0.15) is 0 Å². The number of nitrogens with one attached hydrogen (secondary N) is 1. The number of imidazole rings is 1. The lowest BCUT2D eigenvalue weighted by molar-refractivity contribution is 0.177. The molecule has 3 aromatic rings. The average molecular weight is 369 g/mol. The Morgan fingerprint density at radius 2 is 1.85 bits per heavy atom. The molecule has 0 radical (unpaired) electrons. The zero-order valence-corrected chi connectivity index (χ0v) is 15.2. The Kier molecular flexibility index (Phi) is 4.80. The van der Waals surface area contributed by atoms with Gasteiger partial charge < -0.3 is 14.8 Å². The van der Waals surface area contributed by atoms with Gasteiger partial charge in [-0.3, -0.25) is 0 Å². The summed E-state index contributed by atoms with van der Waals surface area (Å²) in [5.74, 6) is 0.562. The first-order valence-corrected chi connectivity index (χ1v) is 9.28. The molecule has 26 heavy (non-hydrogen) atoms. The molecule has 134 valence electrons. The first-order chi connectivity index (χ1) is 12.7. The van der Waals surface area contributed by atoms with Gasteiger partial charge >= 0.3 is 6.03 Å². The summed E-state index contributed by atoms with van der Waals surface area (Å²) in [4.78, 5) is 18.8. The SMILES string of the molecule is O=C(Nc1ccc(Cl)cc1)N1CCC(Cn2cnc3ccccc32)CC1. The van der Waals surface area contributed by atoms with Gasteiger partial charge in [-0.1, -0.05) is 23.7 Å². The lowest BCUT2D eigenvalue weighted by Crippen LogP contribution is -2.41. The van der Waals surface area contributed by atoms with Crippen LogP contribution in [0, 0.1) is 5.92 Å². The fourth-order valence-corrected chi connectivity index (χ4v) is 3.61. The number of fused-ring (bicyclic) bond motifs is 1. The molecule has 0 saturated carbocycles. The van der Waals surface area contributed by atoms with Gasteiger partial charge in [-0.15, -0.1) is 0 Å². The number of urea groups is 1. The van der Waals surface area contributed by atoms with Gasteiger partial charge in [0.05, 0.1) is 17.4 Å². The van der Waals surface area contributed by atoms with Crippen molar-refractivity contribution < 1.29 is 4.79 Å². The number of piperidine rings is 1. The highest BCUT2D eigenvalue weighted by molar-refractivity contribution is 6.30. The summed E-state index contributed by atoms with van der Waals surface area (Å²) >= 11 is 5.88. The number of aromatic nitrogens is 2. The normalized spacial score (nSPS) is 15.3. The minimum atomic E-state index is -0.0427. The van der Waals surface area contributed by atoms with E-state index in [2.05, 4.69) is 20.9 Å². The van der Waals surface area contributed by atoms with E-state index in [4.69, 9.17) is 11.6 Å². The molecule has 0 atom stereocenters. The van der Waals surface area contributed by atoms with Crippen LogP contribution >= 0.6 is 11.6 Å². The summed E-state index contributed by atoms with van der Waals surface area (Å²) in [5.41, 5.74) is 2.98. The Morgan fingerprint density at radius 3 is 2.62 bits per heavy atom. The van der Waals surface area contributed by atoms with E-state index in [0.29, 0.717) is 10.9 Å². The number of hydrogen-bond donors (Lipinski definition) is 1. The predicted molar refractivity (Wildman–Crippen MR) is 105 cm³/mol. The Balaban J connectivity index is 1.32. The lowest BCUT2D eigenvalue weighted by Gasteiger charge is -2.32. The van der Waals surface area contributed by atoms with Gasteiger partial charge in [-0.2, -0.15) is 0 Å². The number of carbonyl (C=O) groups excluding carboxylic acids is 1. The first-order valence-electron chi connectivity index (χ1n) is 8.90. The van der Waals surface area contributed by atoms with Crippen molar-refractivity contribution in [2.75, 3.05) is 18.4 Å². The Labute approximate surface area is 157 Å². The quantitative estimate of drug-likeness (QED) is 0.732. The summed E-state index contributed by atoms with van der Waals surface area (Å²) in [7, 11) is 0. The molecule has 6 heteroatoms. The maximum absolute atomic E-state index is 12.4. The van der Waals surface area contributed by atoms with Gasteiger partial charge in [0.15, 0.2) is 0 Å². The van der Waals surface area contributed by atoms with E-state index in [0.717, 1.165) is 43.7 Å². The molecule has 0 bridgehead atoms. The number of likely N-dealkylation sites (tertiary alicyclic amines) is 1. The molecular formula is C20H21ClN4O. The van der Waals surface area contributed by atoms with Crippen molar-refractivity contribution >= 4 is 34.4 Å². The maximum atomic E-state index is 12.4. The van der Waals surface area contributed by atoms with Crippen LogP contribution in [0.15, 0.2) is 54.9 Å². The maximum Gasteiger partial charge on any atom is 0.321 e. The fraction of sp³-hybridized carbons (Fsp3) is 0.300. The molecule has 5 nitrogen and oxygen atoms in total. The number of para-hydroxylation sites is 2. The first kappa shape index (κ1) is 16.9. The van der Waals surface area contributed by atoms with Crippen LogP contribution < -0.4 is 5.32 Å². The number of amides is 2. The fourth-order valence-electron chi connectivity index (χ4n) is 3.49. The third-order valence-electron chi connectivity index (χ3n) is 4.98. The van der Waals surface area contributed by atoms with Crippen molar-refractivity contribution in [3.8, 4) is 0 Å². The van der Waals surface area contributed by atoms with Crippen LogP contribution in [-0.2, 0) is 6.54 Å². The van der Waals surface area contributed by atoms with Crippen molar-refractivity contribution in [2.24, 2.45) is 5.92 Å². The Bertz CT molecular complexity index is 898. The molecule has 4 rings (SSSR count). The van der Waals surface area contributed by atoms with Crippen molar-refractivity contribution in [3.05, 3.63) is 59.9 Å². The molecule has 1 saturated heterocycles. The molecule has 1 aromatic heterocycles. The Hall–Kier alpha value is -2.53.